The maximum absolute atomic E-state index is 12.4. The molecule has 0 atom stereocenters. The highest BCUT2D eigenvalue weighted by Crippen LogP contribution is 2.25. The van der Waals surface area contributed by atoms with Crippen LogP contribution in [0.2, 0.25) is 0 Å². The van der Waals surface area contributed by atoms with Crippen molar-refractivity contribution in [1.82, 2.24) is 0 Å². The van der Waals surface area contributed by atoms with Crippen molar-refractivity contribution < 1.29 is 14.3 Å². The van der Waals surface area contributed by atoms with Crippen LogP contribution in [-0.2, 0) is 0 Å². The van der Waals surface area contributed by atoms with Crippen LogP contribution in [0.1, 0.15) is 35.3 Å². The van der Waals surface area contributed by atoms with Crippen molar-refractivity contribution in [1.29, 1.82) is 0 Å². The molecule has 0 aliphatic carbocycles. The van der Waals surface area contributed by atoms with Crippen LogP contribution in [0.25, 0.3) is 0 Å². The molecule has 110 valence electrons. The highest BCUT2D eigenvalue weighted by atomic mass is 16.5. The Morgan fingerprint density at radius 2 is 1.62 bits per heavy atom. The van der Waals surface area contributed by atoms with Gasteiger partial charge in [-0.25, -0.2) is 4.79 Å². The third-order valence-electron chi connectivity index (χ3n) is 3.23. The van der Waals surface area contributed by atoms with Gasteiger partial charge in [0.2, 0.25) is 0 Å². The van der Waals surface area contributed by atoms with Gasteiger partial charge < -0.3 is 9.47 Å². The van der Waals surface area contributed by atoms with E-state index in [9.17, 15) is 4.79 Å². The first-order chi connectivity index (χ1) is 9.99. The van der Waals surface area contributed by atoms with Crippen molar-refractivity contribution >= 4 is 5.97 Å². The van der Waals surface area contributed by atoms with E-state index < -0.39 is 5.97 Å². The maximum Gasteiger partial charge on any atom is 0.347 e. The Kier molecular flexibility index (Phi) is 4.63. The Balaban J connectivity index is 2.27. The molecule has 0 N–H and O–H groups in total. The summed E-state index contributed by atoms with van der Waals surface area (Å²) in [5.41, 5.74) is 2.49. The molecule has 0 saturated heterocycles. The number of hydrogen-bond donors (Lipinski definition) is 0. The molecule has 0 bridgehead atoms. The molecule has 0 aliphatic heterocycles. The number of carbonyl (C=O) groups excluding carboxylic acids is 1. The first-order valence-electron chi connectivity index (χ1n) is 7.03. The summed E-state index contributed by atoms with van der Waals surface area (Å²) >= 11 is 0. The highest BCUT2D eigenvalue weighted by molar-refractivity contribution is 5.94. The fourth-order valence-corrected chi connectivity index (χ4v) is 1.98. The Labute approximate surface area is 125 Å². The average Bonchev–Trinajstić information content (AvgIpc) is 2.44. The molecule has 0 radical (unpaired) electrons. The van der Waals surface area contributed by atoms with Gasteiger partial charge >= 0.3 is 5.97 Å². The van der Waals surface area contributed by atoms with Crippen LogP contribution >= 0.6 is 0 Å². The zero-order valence-corrected chi connectivity index (χ0v) is 12.8. The molecule has 3 nitrogen and oxygen atoms in total. The Hall–Kier alpha value is -2.29. The zero-order chi connectivity index (χ0) is 15.4. The smallest absolute Gasteiger partial charge is 0.347 e. The van der Waals surface area contributed by atoms with E-state index in [0.717, 1.165) is 11.1 Å². The molecule has 0 heterocycles. The first-order valence-corrected chi connectivity index (χ1v) is 7.03. The predicted octanol–water partition coefficient (Wildman–Crippen LogP) is 4.31. The van der Waals surface area contributed by atoms with E-state index in [4.69, 9.17) is 9.47 Å². The average molecular weight is 284 g/mol. The largest absolute Gasteiger partial charge is 0.490 e. The van der Waals surface area contributed by atoms with E-state index in [2.05, 4.69) is 0 Å². The van der Waals surface area contributed by atoms with Crippen LogP contribution in [0, 0.1) is 13.8 Å². The lowest BCUT2D eigenvalue weighted by molar-refractivity contribution is 0.0727. The van der Waals surface area contributed by atoms with E-state index >= 15 is 0 Å². The molecule has 0 saturated carbocycles. The monoisotopic (exact) mass is 284 g/mol. The standard InChI is InChI=1S/C18H20O3/c1-12(2)20-17-10-6-5-9-15(17)18(19)21-16-11-7-8-13(3)14(16)4/h5-12H,1-4H3. The molecule has 2 aromatic carbocycles. The molecule has 0 aliphatic rings. The van der Waals surface area contributed by atoms with Gasteiger partial charge in [0.25, 0.3) is 0 Å². The summed E-state index contributed by atoms with van der Waals surface area (Å²) in [6.45, 7) is 7.77. The second-order valence-electron chi connectivity index (χ2n) is 5.25. The highest BCUT2D eigenvalue weighted by Gasteiger charge is 2.16. The van der Waals surface area contributed by atoms with Gasteiger partial charge in [-0.3, -0.25) is 0 Å². The lowest BCUT2D eigenvalue weighted by Crippen LogP contribution is -2.14. The van der Waals surface area contributed by atoms with E-state index in [0.29, 0.717) is 17.1 Å². The Morgan fingerprint density at radius 1 is 0.952 bits per heavy atom. The summed E-state index contributed by atoms with van der Waals surface area (Å²) in [6, 6.07) is 12.8. The summed E-state index contributed by atoms with van der Waals surface area (Å²) in [6.07, 6.45) is -0.000319. The van der Waals surface area contributed by atoms with Crippen LogP contribution < -0.4 is 9.47 Å². The van der Waals surface area contributed by atoms with Crippen LogP contribution in [0.15, 0.2) is 42.5 Å². The van der Waals surface area contributed by atoms with Crippen molar-refractivity contribution in [3.05, 3.63) is 59.2 Å². The second kappa shape index (κ2) is 6.44. The van der Waals surface area contributed by atoms with Gasteiger partial charge in [-0.05, 0) is 57.0 Å². The molecule has 2 rings (SSSR count). The molecule has 2 aromatic rings. The van der Waals surface area contributed by atoms with Crippen LogP contribution in [0.4, 0.5) is 0 Å². The van der Waals surface area contributed by atoms with Gasteiger partial charge in [0, 0.05) is 0 Å². The van der Waals surface area contributed by atoms with Crippen LogP contribution in [-0.4, -0.2) is 12.1 Å². The Morgan fingerprint density at radius 3 is 2.33 bits per heavy atom. The summed E-state index contributed by atoms with van der Waals surface area (Å²) in [5.74, 6) is 0.724. The van der Waals surface area contributed by atoms with E-state index in [-0.39, 0.29) is 6.10 Å². The van der Waals surface area contributed by atoms with Gasteiger partial charge in [0.15, 0.2) is 0 Å². The third kappa shape index (κ3) is 3.63. The van der Waals surface area contributed by atoms with Gasteiger partial charge in [-0.2, -0.15) is 0 Å². The van der Waals surface area contributed by atoms with Crippen molar-refractivity contribution in [2.45, 2.75) is 33.8 Å². The van der Waals surface area contributed by atoms with Crippen LogP contribution in [0.3, 0.4) is 0 Å². The summed E-state index contributed by atoms with van der Waals surface area (Å²) in [4.78, 5) is 12.4. The predicted molar refractivity (Wildman–Crippen MR) is 83.1 cm³/mol. The fourth-order valence-electron chi connectivity index (χ4n) is 1.98. The number of aryl methyl sites for hydroxylation is 1. The third-order valence-corrected chi connectivity index (χ3v) is 3.23. The number of benzene rings is 2. The van der Waals surface area contributed by atoms with E-state index in [1.165, 1.54) is 0 Å². The number of hydrogen-bond acceptors (Lipinski definition) is 3. The topological polar surface area (TPSA) is 35.5 Å². The van der Waals surface area contributed by atoms with Crippen molar-refractivity contribution in [2.75, 3.05) is 0 Å². The number of rotatable bonds is 4. The van der Waals surface area contributed by atoms with Gasteiger partial charge in [0.05, 0.1) is 6.10 Å². The lowest BCUT2D eigenvalue weighted by Gasteiger charge is -2.14. The zero-order valence-electron chi connectivity index (χ0n) is 12.8. The molecule has 3 heteroatoms. The SMILES string of the molecule is Cc1cccc(OC(=O)c2ccccc2OC(C)C)c1C. The quantitative estimate of drug-likeness (QED) is 0.620. The summed E-state index contributed by atoms with van der Waals surface area (Å²) in [5, 5.41) is 0. The van der Waals surface area contributed by atoms with Crippen molar-refractivity contribution in [2.24, 2.45) is 0 Å². The summed E-state index contributed by atoms with van der Waals surface area (Å²) < 4.78 is 11.2. The second-order valence-corrected chi connectivity index (χ2v) is 5.25. The van der Waals surface area contributed by atoms with E-state index in [1.807, 2.05) is 45.9 Å². The number of ether oxygens (including phenoxy) is 2. The van der Waals surface area contributed by atoms with Gasteiger partial charge in [-0.15, -0.1) is 0 Å². The fraction of sp³-hybridized carbons (Fsp3) is 0.278. The molecular weight excluding hydrogens is 264 g/mol. The molecular formula is C18H20O3. The van der Waals surface area contributed by atoms with Crippen molar-refractivity contribution in [3.8, 4) is 11.5 Å². The first kappa shape index (κ1) is 15.1. The van der Waals surface area contributed by atoms with Crippen molar-refractivity contribution in [3.63, 3.8) is 0 Å². The lowest BCUT2D eigenvalue weighted by atomic mass is 10.1. The minimum absolute atomic E-state index is 0.000319. The number of para-hydroxylation sites is 1. The minimum Gasteiger partial charge on any atom is -0.490 e. The molecule has 0 amide bonds. The molecule has 0 unspecified atom stereocenters. The van der Waals surface area contributed by atoms with Gasteiger partial charge in [-0.1, -0.05) is 24.3 Å². The molecule has 0 spiro atoms. The molecule has 0 aromatic heterocycles. The minimum atomic E-state index is -0.403. The van der Waals surface area contributed by atoms with Crippen LogP contribution in [0.5, 0.6) is 11.5 Å². The number of esters is 1. The Bertz CT molecular complexity index is 645. The molecule has 0 fully saturated rings. The summed E-state index contributed by atoms with van der Waals surface area (Å²) in [7, 11) is 0. The molecule has 21 heavy (non-hydrogen) atoms. The van der Waals surface area contributed by atoms with Gasteiger partial charge in [0.1, 0.15) is 17.1 Å². The normalized spacial score (nSPS) is 10.5. The number of carbonyl (C=O) groups is 1. The van der Waals surface area contributed by atoms with E-state index in [1.54, 1.807) is 24.3 Å². The maximum atomic E-state index is 12.4.